The Kier molecular flexibility index (Phi) is 3.81. The molecule has 20 heavy (non-hydrogen) atoms. The number of nitrogens with two attached hydrogens (primary N) is 1. The lowest BCUT2D eigenvalue weighted by Gasteiger charge is -2.25. The predicted octanol–water partition coefficient (Wildman–Crippen LogP) is 2.08. The summed E-state index contributed by atoms with van der Waals surface area (Å²) >= 11 is 0. The summed E-state index contributed by atoms with van der Waals surface area (Å²) in [5.74, 6) is 0.146. The molecule has 3 rings (SSSR count). The molecule has 0 bridgehead atoms. The number of hydrogen-bond acceptors (Lipinski definition) is 3. The second-order valence-electron chi connectivity index (χ2n) is 5.92. The first-order valence-corrected chi connectivity index (χ1v) is 7.66. The van der Waals surface area contributed by atoms with Crippen LogP contribution in [0, 0.1) is 0 Å². The molecule has 4 heteroatoms. The van der Waals surface area contributed by atoms with Crippen molar-refractivity contribution in [1.82, 2.24) is 5.32 Å². The van der Waals surface area contributed by atoms with Crippen LogP contribution in [0.15, 0.2) is 18.2 Å². The quantitative estimate of drug-likeness (QED) is 0.829. The zero-order valence-electron chi connectivity index (χ0n) is 11.9. The van der Waals surface area contributed by atoms with Crippen molar-refractivity contribution >= 4 is 17.3 Å². The second-order valence-corrected chi connectivity index (χ2v) is 5.92. The van der Waals surface area contributed by atoms with Crippen LogP contribution in [0.3, 0.4) is 0 Å². The first kappa shape index (κ1) is 13.3. The van der Waals surface area contributed by atoms with Gasteiger partial charge in [-0.2, -0.15) is 0 Å². The Hall–Kier alpha value is -1.71. The molecule has 1 aliphatic carbocycles. The summed E-state index contributed by atoms with van der Waals surface area (Å²) in [4.78, 5) is 14.3. The summed E-state index contributed by atoms with van der Waals surface area (Å²) in [5.41, 5.74) is 9.15. The largest absolute Gasteiger partial charge is 0.398 e. The highest BCUT2D eigenvalue weighted by atomic mass is 16.2. The number of anilines is 2. The van der Waals surface area contributed by atoms with Gasteiger partial charge in [0.2, 0.25) is 5.91 Å². The number of carbonyl (C=O) groups excluding carboxylic acids is 1. The standard InChI is InChI=1S/C16H23N3O/c17-14-7-4-8-15-13(14)9-10-19(15)11-16(20)18-12-5-2-1-3-6-12/h4,7-8,12H,1-3,5-6,9-11,17H2,(H,18,20). The molecular formula is C16H23N3O. The molecule has 0 unspecified atom stereocenters. The van der Waals surface area contributed by atoms with Crippen LogP contribution in [0.5, 0.6) is 0 Å². The van der Waals surface area contributed by atoms with E-state index in [1.807, 2.05) is 12.1 Å². The average molecular weight is 273 g/mol. The highest BCUT2D eigenvalue weighted by molar-refractivity contribution is 5.83. The third-order valence-corrected chi connectivity index (χ3v) is 4.46. The van der Waals surface area contributed by atoms with Gasteiger partial charge in [-0.3, -0.25) is 4.79 Å². The predicted molar refractivity (Wildman–Crippen MR) is 81.8 cm³/mol. The molecule has 0 radical (unpaired) electrons. The summed E-state index contributed by atoms with van der Waals surface area (Å²) in [7, 11) is 0. The minimum absolute atomic E-state index is 0.146. The number of benzene rings is 1. The Morgan fingerprint density at radius 1 is 1.30 bits per heavy atom. The Morgan fingerprint density at radius 3 is 2.90 bits per heavy atom. The van der Waals surface area contributed by atoms with E-state index in [0.717, 1.165) is 37.2 Å². The van der Waals surface area contributed by atoms with E-state index in [4.69, 9.17) is 5.73 Å². The van der Waals surface area contributed by atoms with Crippen molar-refractivity contribution in [2.24, 2.45) is 0 Å². The molecule has 1 aliphatic heterocycles. The topological polar surface area (TPSA) is 58.4 Å². The number of nitrogen functional groups attached to an aromatic ring is 1. The molecule has 3 N–H and O–H groups in total. The first-order valence-electron chi connectivity index (χ1n) is 7.66. The Bertz CT molecular complexity index is 494. The molecule has 1 aromatic carbocycles. The third-order valence-electron chi connectivity index (χ3n) is 4.46. The van der Waals surface area contributed by atoms with Gasteiger partial charge < -0.3 is 16.0 Å². The van der Waals surface area contributed by atoms with Gasteiger partial charge in [0.15, 0.2) is 0 Å². The van der Waals surface area contributed by atoms with Crippen LogP contribution in [-0.4, -0.2) is 25.0 Å². The molecule has 1 fully saturated rings. The molecule has 1 saturated carbocycles. The van der Waals surface area contributed by atoms with E-state index in [0.29, 0.717) is 12.6 Å². The zero-order chi connectivity index (χ0) is 13.9. The molecule has 0 saturated heterocycles. The molecule has 1 aromatic rings. The summed E-state index contributed by atoms with van der Waals surface area (Å²) < 4.78 is 0. The number of nitrogens with zero attached hydrogens (tertiary/aromatic N) is 1. The number of rotatable bonds is 3. The van der Waals surface area contributed by atoms with E-state index in [1.54, 1.807) is 0 Å². The van der Waals surface area contributed by atoms with Gasteiger partial charge >= 0.3 is 0 Å². The van der Waals surface area contributed by atoms with E-state index in [2.05, 4.69) is 16.3 Å². The highest BCUT2D eigenvalue weighted by Crippen LogP contribution is 2.31. The number of amides is 1. The van der Waals surface area contributed by atoms with Crippen LogP contribution in [0.25, 0.3) is 0 Å². The molecule has 0 aromatic heterocycles. The second kappa shape index (κ2) is 5.73. The minimum Gasteiger partial charge on any atom is -0.398 e. The molecule has 2 aliphatic rings. The normalized spacial score (nSPS) is 18.9. The smallest absolute Gasteiger partial charge is 0.239 e. The highest BCUT2D eigenvalue weighted by Gasteiger charge is 2.23. The van der Waals surface area contributed by atoms with Gasteiger partial charge in [-0.15, -0.1) is 0 Å². The maximum absolute atomic E-state index is 12.2. The van der Waals surface area contributed by atoms with Crippen LogP contribution in [0.1, 0.15) is 37.7 Å². The SMILES string of the molecule is Nc1cccc2c1CCN2CC(=O)NC1CCCCC1. The minimum atomic E-state index is 0.146. The van der Waals surface area contributed by atoms with Crippen molar-refractivity contribution in [2.75, 3.05) is 23.7 Å². The van der Waals surface area contributed by atoms with E-state index in [9.17, 15) is 4.79 Å². The summed E-state index contributed by atoms with van der Waals surface area (Å²) in [6.07, 6.45) is 7.01. The van der Waals surface area contributed by atoms with Crippen molar-refractivity contribution < 1.29 is 4.79 Å². The molecule has 108 valence electrons. The van der Waals surface area contributed by atoms with Crippen LogP contribution in [0.2, 0.25) is 0 Å². The average Bonchev–Trinajstić information content (AvgIpc) is 2.84. The molecule has 0 spiro atoms. The van der Waals surface area contributed by atoms with Crippen LogP contribution >= 0.6 is 0 Å². The fourth-order valence-electron chi connectivity index (χ4n) is 3.39. The lowest BCUT2D eigenvalue weighted by atomic mass is 9.95. The first-order chi connectivity index (χ1) is 9.74. The molecular weight excluding hydrogens is 250 g/mol. The maximum atomic E-state index is 12.2. The molecule has 1 heterocycles. The van der Waals surface area contributed by atoms with E-state index in [-0.39, 0.29) is 5.91 Å². The third kappa shape index (κ3) is 2.74. The lowest BCUT2D eigenvalue weighted by molar-refractivity contribution is -0.120. The lowest BCUT2D eigenvalue weighted by Crippen LogP contribution is -2.42. The van der Waals surface area contributed by atoms with Gasteiger partial charge in [-0.05, 0) is 31.4 Å². The van der Waals surface area contributed by atoms with E-state index < -0.39 is 0 Å². The van der Waals surface area contributed by atoms with Crippen LogP contribution in [-0.2, 0) is 11.2 Å². The van der Waals surface area contributed by atoms with Crippen molar-refractivity contribution in [1.29, 1.82) is 0 Å². The summed E-state index contributed by atoms with van der Waals surface area (Å²) in [6, 6.07) is 6.35. The van der Waals surface area contributed by atoms with Gasteiger partial charge in [0, 0.05) is 29.5 Å². The number of nitrogens with one attached hydrogen (secondary N) is 1. The van der Waals surface area contributed by atoms with Gasteiger partial charge in [0.25, 0.3) is 0 Å². The number of fused-ring (bicyclic) bond motifs is 1. The Labute approximate surface area is 120 Å². The van der Waals surface area contributed by atoms with E-state index >= 15 is 0 Å². The molecule has 4 nitrogen and oxygen atoms in total. The van der Waals surface area contributed by atoms with Gasteiger partial charge in [-0.25, -0.2) is 0 Å². The Morgan fingerprint density at radius 2 is 2.10 bits per heavy atom. The van der Waals surface area contributed by atoms with E-state index in [1.165, 1.54) is 24.8 Å². The van der Waals surface area contributed by atoms with Gasteiger partial charge in [0.05, 0.1) is 6.54 Å². The monoisotopic (exact) mass is 273 g/mol. The van der Waals surface area contributed by atoms with Crippen molar-refractivity contribution in [3.05, 3.63) is 23.8 Å². The zero-order valence-corrected chi connectivity index (χ0v) is 11.9. The number of hydrogen-bond donors (Lipinski definition) is 2. The van der Waals surface area contributed by atoms with Crippen LogP contribution in [0.4, 0.5) is 11.4 Å². The molecule has 1 amide bonds. The van der Waals surface area contributed by atoms with Crippen molar-refractivity contribution in [3.63, 3.8) is 0 Å². The summed E-state index contributed by atoms with van der Waals surface area (Å²) in [5, 5.41) is 3.18. The van der Waals surface area contributed by atoms with Gasteiger partial charge in [0.1, 0.15) is 0 Å². The molecule has 0 atom stereocenters. The van der Waals surface area contributed by atoms with Gasteiger partial charge in [-0.1, -0.05) is 25.3 Å². The van der Waals surface area contributed by atoms with Crippen molar-refractivity contribution in [2.45, 2.75) is 44.6 Å². The van der Waals surface area contributed by atoms with Crippen molar-refractivity contribution in [3.8, 4) is 0 Å². The Balaban J connectivity index is 1.59. The van der Waals surface area contributed by atoms with Crippen LogP contribution < -0.4 is 16.0 Å². The number of carbonyl (C=O) groups is 1. The maximum Gasteiger partial charge on any atom is 0.239 e. The fraction of sp³-hybridized carbons (Fsp3) is 0.562. The summed E-state index contributed by atoms with van der Waals surface area (Å²) in [6.45, 7) is 1.34. The fourth-order valence-corrected chi connectivity index (χ4v) is 3.39.